The van der Waals surface area contributed by atoms with E-state index in [1.807, 2.05) is 23.1 Å². The third kappa shape index (κ3) is 5.22. The molecule has 1 atom stereocenters. The van der Waals surface area contributed by atoms with Crippen molar-refractivity contribution in [2.24, 2.45) is 5.92 Å². The van der Waals surface area contributed by atoms with E-state index in [1.54, 1.807) is 25.2 Å². The van der Waals surface area contributed by atoms with Crippen molar-refractivity contribution in [1.29, 1.82) is 0 Å². The molecule has 1 aromatic rings. The molecule has 7 heteroatoms. The van der Waals surface area contributed by atoms with Crippen LogP contribution < -0.4 is 5.32 Å². The van der Waals surface area contributed by atoms with Crippen LogP contribution in [-0.4, -0.2) is 77.9 Å². The van der Waals surface area contributed by atoms with Gasteiger partial charge in [0.1, 0.15) is 0 Å². The fraction of sp³-hybridized carbons (Fsp3) is 0.667. The van der Waals surface area contributed by atoms with Crippen LogP contribution >= 0.6 is 0 Å². The molecule has 0 radical (unpaired) electrons. The number of piperidine rings is 1. The van der Waals surface area contributed by atoms with Crippen LogP contribution in [0.15, 0.2) is 24.4 Å². The van der Waals surface area contributed by atoms with Crippen LogP contribution in [0, 0.1) is 5.92 Å². The number of pyridine rings is 1. The summed E-state index contributed by atoms with van der Waals surface area (Å²) in [7, 11) is 3.54. The smallest absolute Gasteiger partial charge is 0.319 e. The highest BCUT2D eigenvalue weighted by molar-refractivity contribution is 5.80. The van der Waals surface area contributed by atoms with Crippen LogP contribution in [0.2, 0.25) is 0 Å². The Morgan fingerprint density at radius 1 is 1.14 bits per heavy atom. The molecule has 1 unspecified atom stereocenters. The summed E-state index contributed by atoms with van der Waals surface area (Å²) in [6, 6.07) is 6.17. The summed E-state index contributed by atoms with van der Waals surface area (Å²) in [6.07, 6.45) is 6.37. The molecule has 1 aromatic heterocycles. The second kappa shape index (κ2) is 9.87. The molecule has 1 N–H and O–H groups in total. The SMILES string of the molecule is CN(C)C(=O)N1CCC(C(=O)N(Cc2ccccn2)C2CCCNCC2)CC1. The molecule has 7 nitrogen and oxygen atoms in total. The molecule has 28 heavy (non-hydrogen) atoms. The first kappa shape index (κ1) is 20.6. The Morgan fingerprint density at radius 3 is 2.61 bits per heavy atom. The molecule has 2 saturated heterocycles. The number of hydrogen-bond acceptors (Lipinski definition) is 4. The number of aromatic nitrogens is 1. The molecular weight excluding hydrogens is 354 g/mol. The fourth-order valence-electron chi connectivity index (χ4n) is 4.20. The summed E-state index contributed by atoms with van der Waals surface area (Å²) < 4.78 is 0. The van der Waals surface area contributed by atoms with Crippen LogP contribution in [0.4, 0.5) is 4.79 Å². The highest BCUT2D eigenvalue weighted by Crippen LogP contribution is 2.25. The molecule has 154 valence electrons. The molecule has 2 fully saturated rings. The molecule has 0 bridgehead atoms. The van der Waals surface area contributed by atoms with Gasteiger partial charge in [0.15, 0.2) is 0 Å². The van der Waals surface area contributed by atoms with Crippen molar-refractivity contribution in [1.82, 2.24) is 25.0 Å². The number of nitrogens with zero attached hydrogens (tertiary/aromatic N) is 4. The standard InChI is InChI=1S/C21H33N5O2/c1-24(2)21(28)25-14-9-17(10-15-25)20(27)26(16-18-6-3-4-12-23-18)19-7-5-11-22-13-8-19/h3-4,6,12,17,19,22H,5,7-11,13-16H2,1-2H3. The Morgan fingerprint density at radius 2 is 1.93 bits per heavy atom. The Labute approximate surface area is 168 Å². The van der Waals surface area contributed by atoms with E-state index in [0.717, 1.165) is 50.9 Å². The third-order valence-electron chi connectivity index (χ3n) is 5.82. The van der Waals surface area contributed by atoms with Gasteiger partial charge in [0.05, 0.1) is 12.2 Å². The van der Waals surface area contributed by atoms with Gasteiger partial charge in [-0.05, 0) is 57.3 Å². The lowest BCUT2D eigenvalue weighted by Crippen LogP contribution is -2.49. The van der Waals surface area contributed by atoms with E-state index >= 15 is 0 Å². The van der Waals surface area contributed by atoms with Crippen LogP contribution in [0.3, 0.4) is 0 Å². The monoisotopic (exact) mass is 387 g/mol. The first-order valence-corrected chi connectivity index (χ1v) is 10.4. The van der Waals surface area contributed by atoms with Gasteiger partial charge >= 0.3 is 6.03 Å². The van der Waals surface area contributed by atoms with E-state index in [0.29, 0.717) is 19.6 Å². The molecule has 2 aliphatic heterocycles. The highest BCUT2D eigenvalue weighted by atomic mass is 16.2. The maximum absolute atomic E-state index is 13.5. The van der Waals surface area contributed by atoms with Crippen LogP contribution in [0.5, 0.6) is 0 Å². The molecule has 3 heterocycles. The Balaban J connectivity index is 1.68. The number of urea groups is 1. The summed E-state index contributed by atoms with van der Waals surface area (Å²) in [6.45, 7) is 3.84. The van der Waals surface area contributed by atoms with Gasteiger partial charge in [-0.3, -0.25) is 9.78 Å². The molecule has 3 rings (SSSR count). The van der Waals surface area contributed by atoms with E-state index < -0.39 is 0 Å². The van der Waals surface area contributed by atoms with E-state index in [9.17, 15) is 9.59 Å². The van der Waals surface area contributed by atoms with E-state index in [2.05, 4.69) is 15.2 Å². The van der Waals surface area contributed by atoms with Gasteiger partial charge in [-0.1, -0.05) is 6.07 Å². The third-order valence-corrected chi connectivity index (χ3v) is 5.82. The van der Waals surface area contributed by atoms with Gasteiger partial charge in [-0.15, -0.1) is 0 Å². The summed E-state index contributed by atoms with van der Waals surface area (Å²) in [5.74, 6) is 0.223. The molecule has 3 amide bonds. The van der Waals surface area contributed by atoms with Crippen molar-refractivity contribution < 1.29 is 9.59 Å². The minimum absolute atomic E-state index is 0.00821. The van der Waals surface area contributed by atoms with Gasteiger partial charge in [-0.25, -0.2) is 4.79 Å². The number of nitrogens with one attached hydrogen (secondary N) is 1. The Kier molecular flexibility index (Phi) is 7.25. The van der Waals surface area contributed by atoms with Gasteiger partial charge in [0.2, 0.25) is 5.91 Å². The zero-order valence-corrected chi connectivity index (χ0v) is 17.1. The molecule has 0 aromatic carbocycles. The quantitative estimate of drug-likeness (QED) is 0.857. The zero-order valence-electron chi connectivity index (χ0n) is 17.1. The zero-order chi connectivity index (χ0) is 19.9. The lowest BCUT2D eigenvalue weighted by atomic mass is 9.93. The number of amides is 3. The lowest BCUT2D eigenvalue weighted by molar-refractivity contribution is -0.140. The summed E-state index contributed by atoms with van der Waals surface area (Å²) in [4.78, 5) is 35.6. The van der Waals surface area contributed by atoms with Crippen LogP contribution in [-0.2, 0) is 11.3 Å². The number of carbonyl (C=O) groups excluding carboxylic acids is 2. The normalized spacial score (nSPS) is 21.1. The topological polar surface area (TPSA) is 68.8 Å². The first-order chi connectivity index (χ1) is 13.6. The maximum Gasteiger partial charge on any atom is 0.319 e. The van der Waals surface area contributed by atoms with Crippen molar-refractivity contribution in [3.63, 3.8) is 0 Å². The Hall–Kier alpha value is -2.15. The minimum Gasteiger partial charge on any atom is -0.334 e. The van der Waals surface area contributed by atoms with Gasteiger partial charge in [0.25, 0.3) is 0 Å². The average Bonchev–Trinajstić information content (AvgIpc) is 3.01. The van der Waals surface area contributed by atoms with E-state index in [-0.39, 0.29) is 23.9 Å². The average molecular weight is 388 g/mol. The second-order valence-corrected chi connectivity index (χ2v) is 8.06. The number of carbonyl (C=O) groups is 2. The summed E-state index contributed by atoms with van der Waals surface area (Å²) >= 11 is 0. The predicted molar refractivity (Wildman–Crippen MR) is 109 cm³/mol. The second-order valence-electron chi connectivity index (χ2n) is 8.06. The number of hydrogen-bond donors (Lipinski definition) is 1. The fourth-order valence-corrected chi connectivity index (χ4v) is 4.20. The molecular formula is C21H33N5O2. The number of rotatable bonds is 4. The van der Waals surface area contributed by atoms with Crippen molar-refractivity contribution in [2.75, 3.05) is 40.3 Å². The highest BCUT2D eigenvalue weighted by Gasteiger charge is 2.33. The molecule has 0 saturated carbocycles. The van der Waals surface area contributed by atoms with Crippen molar-refractivity contribution in [3.05, 3.63) is 30.1 Å². The van der Waals surface area contributed by atoms with Gasteiger partial charge < -0.3 is 20.0 Å². The summed E-state index contributed by atoms with van der Waals surface area (Å²) in [5.41, 5.74) is 0.938. The summed E-state index contributed by atoms with van der Waals surface area (Å²) in [5, 5.41) is 3.44. The maximum atomic E-state index is 13.5. The van der Waals surface area contributed by atoms with Crippen LogP contribution in [0.1, 0.15) is 37.8 Å². The van der Waals surface area contributed by atoms with Crippen LogP contribution in [0.25, 0.3) is 0 Å². The molecule has 0 spiro atoms. The van der Waals surface area contributed by atoms with Crippen molar-refractivity contribution in [3.8, 4) is 0 Å². The van der Waals surface area contributed by atoms with Crippen molar-refractivity contribution in [2.45, 2.75) is 44.7 Å². The van der Waals surface area contributed by atoms with E-state index in [4.69, 9.17) is 0 Å². The largest absolute Gasteiger partial charge is 0.334 e. The van der Waals surface area contributed by atoms with Gasteiger partial charge in [0, 0.05) is 45.3 Å². The van der Waals surface area contributed by atoms with Crippen molar-refractivity contribution >= 4 is 11.9 Å². The van der Waals surface area contributed by atoms with E-state index in [1.165, 1.54) is 0 Å². The minimum atomic E-state index is -0.00821. The molecule has 0 aliphatic carbocycles. The molecule has 2 aliphatic rings. The predicted octanol–water partition coefficient (Wildman–Crippen LogP) is 1.95. The van der Waals surface area contributed by atoms with Gasteiger partial charge in [-0.2, -0.15) is 0 Å². The number of likely N-dealkylation sites (tertiary alicyclic amines) is 1. The first-order valence-electron chi connectivity index (χ1n) is 10.4. The Bertz CT molecular complexity index is 635. The lowest BCUT2D eigenvalue weighted by Gasteiger charge is -2.38.